The molecule has 1 atom stereocenters. The first-order valence-electron chi connectivity index (χ1n) is 9.81. The van der Waals surface area contributed by atoms with Crippen molar-refractivity contribution in [2.45, 2.75) is 35.1 Å². The molecule has 2 aromatic rings. The quantitative estimate of drug-likeness (QED) is 0.273. The molecule has 178 valence electrons. The average molecular weight is 524 g/mol. The topological polar surface area (TPSA) is 119 Å². The molecule has 0 bridgehead atoms. The van der Waals surface area contributed by atoms with Crippen LogP contribution in [0.25, 0.3) is 0 Å². The molecule has 0 spiro atoms. The summed E-state index contributed by atoms with van der Waals surface area (Å²) in [6.07, 6.45) is 3.24. The van der Waals surface area contributed by atoms with Crippen molar-refractivity contribution in [3.05, 3.63) is 58.6 Å². The molecule has 0 radical (unpaired) electrons. The maximum atomic E-state index is 11.6. The molecule has 0 aliphatic carbocycles. The summed E-state index contributed by atoms with van der Waals surface area (Å²) in [4.78, 5) is 14.2. The van der Waals surface area contributed by atoms with Gasteiger partial charge in [-0.2, -0.15) is 0 Å². The monoisotopic (exact) mass is 522 g/mol. The zero-order chi connectivity index (χ0) is 21.6. The van der Waals surface area contributed by atoms with Gasteiger partial charge in [-0.3, -0.25) is 10.1 Å². The summed E-state index contributed by atoms with van der Waals surface area (Å²) in [5.41, 5.74) is 0.00453. The van der Waals surface area contributed by atoms with Crippen LogP contribution in [0.15, 0.2) is 58.3 Å². The highest BCUT2D eigenvalue weighted by Crippen LogP contribution is 2.29. The van der Waals surface area contributed by atoms with Crippen molar-refractivity contribution in [3.63, 3.8) is 0 Å². The molecule has 1 fully saturated rings. The predicted molar refractivity (Wildman–Crippen MR) is 134 cm³/mol. The molecule has 1 aliphatic rings. The van der Waals surface area contributed by atoms with Gasteiger partial charge in [-0.05, 0) is 56.6 Å². The van der Waals surface area contributed by atoms with Crippen LogP contribution >= 0.6 is 36.6 Å². The smallest absolute Gasteiger partial charge is 0.293 e. The van der Waals surface area contributed by atoms with Gasteiger partial charge in [0.05, 0.1) is 9.82 Å². The molecule has 8 nitrogen and oxygen atoms in total. The zero-order valence-electron chi connectivity index (χ0n) is 17.4. The van der Waals surface area contributed by atoms with E-state index < -0.39 is 14.9 Å². The number of primary sulfonamides is 1. The Balaban J connectivity index is 0.00000256. The van der Waals surface area contributed by atoms with Crippen LogP contribution < -0.4 is 10.5 Å². The van der Waals surface area contributed by atoms with Gasteiger partial charge >= 0.3 is 0 Å². The first-order valence-corrected chi connectivity index (χ1v) is 12.3. The van der Waals surface area contributed by atoms with Gasteiger partial charge in [-0.1, -0.05) is 18.2 Å². The summed E-state index contributed by atoms with van der Waals surface area (Å²) in [5, 5.41) is 19.9. The van der Waals surface area contributed by atoms with E-state index in [1.54, 1.807) is 11.8 Å². The van der Waals surface area contributed by atoms with Crippen molar-refractivity contribution in [1.29, 1.82) is 0 Å². The highest BCUT2D eigenvalue weighted by Gasteiger charge is 2.22. The van der Waals surface area contributed by atoms with Gasteiger partial charge < -0.3 is 10.2 Å². The van der Waals surface area contributed by atoms with Gasteiger partial charge in [0.1, 0.15) is 5.69 Å². The van der Waals surface area contributed by atoms with Gasteiger partial charge in [-0.15, -0.1) is 36.6 Å². The minimum absolute atomic E-state index is 0. The number of thioether (sulfide) groups is 1. The largest absolute Gasteiger partial charge is 0.376 e. The molecular formula is C20H28Cl2N4O4S2. The second-order valence-electron chi connectivity index (χ2n) is 7.28. The van der Waals surface area contributed by atoms with Gasteiger partial charge in [0.25, 0.3) is 5.69 Å². The number of anilines is 1. The summed E-state index contributed by atoms with van der Waals surface area (Å²) in [7, 11) is -4.01. The van der Waals surface area contributed by atoms with Gasteiger partial charge in [0.2, 0.25) is 10.0 Å². The van der Waals surface area contributed by atoms with Crippen LogP contribution in [0.1, 0.15) is 19.3 Å². The summed E-state index contributed by atoms with van der Waals surface area (Å²) in [6, 6.07) is 13.7. The Kier molecular flexibility index (Phi) is 11.8. The predicted octanol–water partition coefficient (Wildman–Crippen LogP) is 4.14. The Labute approximate surface area is 205 Å². The van der Waals surface area contributed by atoms with E-state index >= 15 is 0 Å². The molecule has 1 saturated heterocycles. The molecule has 0 saturated carbocycles. The van der Waals surface area contributed by atoms with Crippen LogP contribution in [0.3, 0.4) is 0 Å². The minimum Gasteiger partial charge on any atom is -0.376 e. The lowest BCUT2D eigenvalue weighted by Crippen LogP contribution is -2.30. The Morgan fingerprint density at radius 2 is 1.78 bits per heavy atom. The van der Waals surface area contributed by atoms with Crippen LogP contribution in [0.2, 0.25) is 0 Å². The summed E-state index contributed by atoms with van der Waals surface area (Å²) in [5.74, 6) is 0.728. The van der Waals surface area contributed by atoms with Gasteiger partial charge in [-0.25, -0.2) is 13.6 Å². The Morgan fingerprint density at radius 1 is 1.12 bits per heavy atom. The number of nitrogens with two attached hydrogens (primary N) is 1. The second-order valence-corrected chi connectivity index (χ2v) is 9.94. The highest BCUT2D eigenvalue weighted by atomic mass is 35.5. The number of nitro groups is 1. The number of sulfonamides is 1. The fourth-order valence-corrected chi connectivity index (χ4v) is 4.96. The first-order chi connectivity index (χ1) is 14.3. The van der Waals surface area contributed by atoms with E-state index in [-0.39, 0.29) is 41.4 Å². The lowest BCUT2D eigenvalue weighted by atomic mass is 10.2. The normalized spacial score (nSPS) is 14.8. The Bertz CT molecular complexity index is 975. The van der Waals surface area contributed by atoms with E-state index in [2.05, 4.69) is 10.2 Å². The molecule has 0 unspecified atom stereocenters. The van der Waals surface area contributed by atoms with Gasteiger partial charge in [0.15, 0.2) is 0 Å². The van der Waals surface area contributed by atoms with Crippen LogP contribution in [0.5, 0.6) is 0 Å². The van der Waals surface area contributed by atoms with E-state index in [0.717, 1.165) is 42.8 Å². The fourth-order valence-electron chi connectivity index (χ4n) is 3.44. The molecule has 1 heterocycles. The number of nitrogens with one attached hydrogen (secondary N) is 1. The molecule has 2 aromatic carbocycles. The molecule has 0 amide bonds. The SMILES string of the molecule is Cl.Cl.NS(=O)(=O)c1ccc(N[C@H](CCN2CCCC2)CSc2ccccc2)c([N+](=O)[O-])c1. The third kappa shape index (κ3) is 8.42. The van der Waals surface area contributed by atoms with Crippen LogP contribution in [-0.4, -0.2) is 49.7 Å². The number of halogens is 2. The van der Waals surface area contributed by atoms with E-state index in [1.165, 1.54) is 25.0 Å². The third-order valence-electron chi connectivity index (χ3n) is 5.04. The Hall–Kier alpha value is -1.56. The lowest BCUT2D eigenvalue weighted by molar-refractivity contribution is -0.384. The molecule has 0 aromatic heterocycles. The van der Waals surface area contributed by atoms with Crippen molar-refractivity contribution in [2.24, 2.45) is 5.14 Å². The van der Waals surface area contributed by atoms with Crippen molar-refractivity contribution in [3.8, 4) is 0 Å². The van der Waals surface area contributed by atoms with E-state index in [0.29, 0.717) is 5.69 Å². The summed E-state index contributed by atoms with van der Waals surface area (Å²) in [6.45, 7) is 3.08. The molecule has 3 N–H and O–H groups in total. The van der Waals surface area contributed by atoms with Crippen molar-refractivity contribution in [2.75, 3.05) is 30.7 Å². The molecule has 1 aliphatic heterocycles. The minimum atomic E-state index is -4.01. The number of likely N-dealkylation sites (tertiary alicyclic amines) is 1. The van der Waals surface area contributed by atoms with Crippen LogP contribution in [-0.2, 0) is 10.0 Å². The number of nitro benzene ring substituents is 1. The van der Waals surface area contributed by atoms with E-state index in [1.807, 2.05) is 30.3 Å². The lowest BCUT2D eigenvalue weighted by Gasteiger charge is -2.23. The fraction of sp³-hybridized carbons (Fsp3) is 0.400. The summed E-state index contributed by atoms with van der Waals surface area (Å²) < 4.78 is 23.2. The van der Waals surface area contributed by atoms with Crippen LogP contribution in [0, 0.1) is 10.1 Å². The average Bonchev–Trinajstić information content (AvgIpc) is 3.23. The van der Waals surface area contributed by atoms with Gasteiger partial charge in [0, 0.05) is 29.3 Å². The number of nitrogens with zero attached hydrogens (tertiary/aromatic N) is 2. The standard InChI is InChI=1S/C20H26N4O4S2.2ClH/c21-30(27,28)18-8-9-19(20(14-18)24(25)26)22-16(10-13-23-11-4-5-12-23)15-29-17-6-2-1-3-7-17;;/h1-3,6-9,14,16,22H,4-5,10-13,15H2,(H2,21,27,28);2*1H/t16-;;/m1../s1. The van der Waals surface area contributed by atoms with Crippen molar-refractivity contribution in [1.82, 2.24) is 4.90 Å². The second kappa shape index (κ2) is 13.2. The maximum Gasteiger partial charge on any atom is 0.293 e. The van der Waals surface area contributed by atoms with E-state index in [4.69, 9.17) is 5.14 Å². The molecule has 3 rings (SSSR count). The van der Waals surface area contributed by atoms with E-state index in [9.17, 15) is 18.5 Å². The molecule has 32 heavy (non-hydrogen) atoms. The number of rotatable bonds is 10. The van der Waals surface area contributed by atoms with Crippen LogP contribution in [0.4, 0.5) is 11.4 Å². The summed E-state index contributed by atoms with van der Waals surface area (Å²) >= 11 is 1.69. The number of hydrogen-bond donors (Lipinski definition) is 2. The maximum absolute atomic E-state index is 11.6. The van der Waals surface area contributed by atoms with Crippen molar-refractivity contribution >= 4 is 58.0 Å². The molecule has 12 heteroatoms. The highest BCUT2D eigenvalue weighted by molar-refractivity contribution is 7.99. The van der Waals surface area contributed by atoms with Crippen molar-refractivity contribution < 1.29 is 13.3 Å². The zero-order valence-corrected chi connectivity index (χ0v) is 20.6. The third-order valence-corrected chi connectivity index (χ3v) is 7.13. The Morgan fingerprint density at radius 3 is 2.38 bits per heavy atom. The number of hydrogen-bond acceptors (Lipinski definition) is 7. The number of benzene rings is 2. The first kappa shape index (κ1) is 28.5. The molecular weight excluding hydrogens is 495 g/mol.